The summed E-state index contributed by atoms with van der Waals surface area (Å²) in [4.78, 5) is 61.9. The van der Waals surface area contributed by atoms with Gasteiger partial charge in [-0.1, -0.05) is 24.3 Å². The Morgan fingerprint density at radius 1 is 1.03 bits per heavy atom. The van der Waals surface area contributed by atoms with Crippen LogP contribution < -0.4 is 5.32 Å². The first-order chi connectivity index (χ1) is 15.3. The molecule has 2 aromatic rings. The molecule has 32 heavy (non-hydrogen) atoms. The number of nitrogens with zero attached hydrogens (tertiary/aromatic N) is 4. The number of rotatable bonds is 3. The molecule has 1 aliphatic heterocycles. The maximum absolute atomic E-state index is 13.0. The van der Waals surface area contributed by atoms with Gasteiger partial charge in [-0.3, -0.25) is 24.5 Å². The van der Waals surface area contributed by atoms with Gasteiger partial charge in [0.25, 0.3) is 5.91 Å². The van der Waals surface area contributed by atoms with Gasteiger partial charge in [0.05, 0.1) is 24.0 Å². The number of benzene rings is 1. The van der Waals surface area contributed by atoms with Crippen molar-refractivity contribution in [1.29, 1.82) is 5.26 Å². The molecule has 0 radical (unpaired) electrons. The Bertz CT molecular complexity index is 1290. The second-order valence-corrected chi connectivity index (χ2v) is 7.46. The van der Waals surface area contributed by atoms with Crippen molar-refractivity contribution in [3.63, 3.8) is 0 Å². The molecule has 9 heteroatoms. The molecule has 0 atom stereocenters. The summed E-state index contributed by atoms with van der Waals surface area (Å²) in [6.45, 7) is 3.38. The monoisotopic (exact) mass is 427 g/mol. The van der Waals surface area contributed by atoms with E-state index in [4.69, 9.17) is 0 Å². The highest BCUT2D eigenvalue weighted by atomic mass is 16.2. The number of Topliss-reactive ketones (excluding diaryl/α,β-unsaturated/α-hetero) is 2. The Morgan fingerprint density at radius 2 is 1.69 bits per heavy atom. The number of aromatic nitrogens is 3. The van der Waals surface area contributed by atoms with Crippen molar-refractivity contribution in [3.05, 3.63) is 64.0 Å². The van der Waals surface area contributed by atoms with Crippen molar-refractivity contribution in [1.82, 2.24) is 20.3 Å². The number of amides is 2. The van der Waals surface area contributed by atoms with Crippen LogP contribution in [0.3, 0.4) is 0 Å². The van der Waals surface area contributed by atoms with E-state index in [1.54, 1.807) is 38.1 Å². The standard InChI is InChI=1S/C23H17N5O4/c1-11-25-12(2)27-20(26-11)8-18(29)17(10-24)15-7-16(14-6-4-3-5-13(14)15)22-19(30)9-21(31)28-23(22)32/h3-6H,7-9H2,1-2H3,(H,28,31,32)/b17-15-,22-16-. The molecule has 1 N–H and O–H groups in total. The number of ketones is 2. The number of carbonyl (C=O) groups excluding carboxylic acids is 4. The molecule has 1 aliphatic carbocycles. The van der Waals surface area contributed by atoms with Crippen molar-refractivity contribution in [3.8, 4) is 6.07 Å². The highest BCUT2D eigenvalue weighted by Crippen LogP contribution is 2.44. The minimum absolute atomic E-state index is 0.0475. The minimum atomic E-state index is -0.765. The summed E-state index contributed by atoms with van der Waals surface area (Å²) in [5, 5.41) is 12.0. The van der Waals surface area contributed by atoms with Crippen molar-refractivity contribution < 1.29 is 19.2 Å². The Balaban J connectivity index is 1.81. The summed E-state index contributed by atoms with van der Waals surface area (Å²) in [6.07, 6.45) is -0.557. The van der Waals surface area contributed by atoms with E-state index < -0.39 is 29.8 Å². The molecule has 0 unspecified atom stereocenters. The van der Waals surface area contributed by atoms with Crippen LogP contribution >= 0.6 is 0 Å². The number of piperidine rings is 1. The van der Waals surface area contributed by atoms with Gasteiger partial charge in [-0.2, -0.15) is 5.26 Å². The third-order valence-corrected chi connectivity index (χ3v) is 5.23. The van der Waals surface area contributed by atoms with Crippen LogP contribution in [0.4, 0.5) is 0 Å². The van der Waals surface area contributed by atoms with E-state index in [0.717, 1.165) is 0 Å². The van der Waals surface area contributed by atoms with Crippen LogP contribution in [0.5, 0.6) is 0 Å². The molecule has 1 aromatic heterocycles. The normalized spacial score (nSPS) is 19.3. The topological polar surface area (TPSA) is 143 Å². The SMILES string of the molecule is Cc1nc(C)nc(CC(=O)/C(C#N)=C2/C/C(=C3\C(=O)CC(=O)NC3=O)c3ccccc32)n1. The Hall–Kier alpha value is -4.32. The number of aryl methyl sites for hydroxylation is 2. The Labute approximate surface area is 182 Å². The van der Waals surface area contributed by atoms with Crippen molar-refractivity contribution in [2.24, 2.45) is 0 Å². The zero-order valence-electron chi connectivity index (χ0n) is 17.4. The van der Waals surface area contributed by atoms with Gasteiger partial charge in [0.15, 0.2) is 11.6 Å². The molecule has 0 saturated carbocycles. The second-order valence-electron chi connectivity index (χ2n) is 7.46. The van der Waals surface area contributed by atoms with Crippen LogP contribution in [0.15, 0.2) is 35.4 Å². The largest absolute Gasteiger partial charge is 0.293 e. The predicted octanol–water partition coefficient (Wildman–Crippen LogP) is 1.35. The summed E-state index contributed by atoms with van der Waals surface area (Å²) >= 11 is 0. The summed E-state index contributed by atoms with van der Waals surface area (Å²) in [5.41, 5.74) is 1.82. The number of hydrogen-bond donors (Lipinski definition) is 1. The fourth-order valence-corrected chi connectivity index (χ4v) is 4.01. The maximum atomic E-state index is 13.0. The van der Waals surface area contributed by atoms with Crippen LogP contribution in [-0.2, 0) is 25.6 Å². The molecule has 158 valence electrons. The van der Waals surface area contributed by atoms with Gasteiger partial charge in [0.2, 0.25) is 5.91 Å². The van der Waals surface area contributed by atoms with Crippen LogP contribution in [0, 0.1) is 25.2 Å². The third kappa shape index (κ3) is 3.74. The van der Waals surface area contributed by atoms with Gasteiger partial charge in [0.1, 0.15) is 23.5 Å². The number of carbonyl (C=O) groups is 4. The average molecular weight is 427 g/mol. The number of allylic oxidation sites excluding steroid dienone is 3. The van der Waals surface area contributed by atoms with Crippen molar-refractivity contribution in [2.45, 2.75) is 33.1 Å². The smallest absolute Gasteiger partial charge is 0.261 e. The molecule has 2 heterocycles. The van der Waals surface area contributed by atoms with Gasteiger partial charge >= 0.3 is 0 Å². The average Bonchev–Trinajstić information content (AvgIpc) is 3.06. The van der Waals surface area contributed by atoms with Crippen LogP contribution in [0.2, 0.25) is 0 Å². The third-order valence-electron chi connectivity index (χ3n) is 5.23. The zero-order valence-corrected chi connectivity index (χ0v) is 17.4. The molecule has 2 aliphatic rings. The van der Waals surface area contributed by atoms with Gasteiger partial charge in [-0.05, 0) is 36.1 Å². The molecule has 4 rings (SSSR count). The summed E-state index contributed by atoms with van der Waals surface area (Å²) in [5.74, 6) is -1.25. The molecule has 9 nitrogen and oxygen atoms in total. The van der Waals surface area contributed by atoms with Crippen molar-refractivity contribution >= 4 is 34.5 Å². The van der Waals surface area contributed by atoms with E-state index in [-0.39, 0.29) is 29.8 Å². The fraction of sp³-hybridized carbons (Fsp3) is 0.217. The highest BCUT2D eigenvalue weighted by Gasteiger charge is 2.36. The van der Waals surface area contributed by atoms with Crippen molar-refractivity contribution in [2.75, 3.05) is 0 Å². The van der Waals surface area contributed by atoms with Crippen LogP contribution in [-0.4, -0.2) is 38.3 Å². The summed E-state index contributed by atoms with van der Waals surface area (Å²) in [6, 6.07) is 8.92. The van der Waals surface area contributed by atoms with Gasteiger partial charge < -0.3 is 0 Å². The van der Waals surface area contributed by atoms with Gasteiger partial charge in [0, 0.05) is 6.42 Å². The highest BCUT2D eigenvalue weighted by molar-refractivity contribution is 6.34. The molecular weight excluding hydrogens is 410 g/mol. The zero-order chi connectivity index (χ0) is 23.0. The lowest BCUT2D eigenvalue weighted by Gasteiger charge is -2.15. The maximum Gasteiger partial charge on any atom is 0.261 e. The van der Waals surface area contributed by atoms with Gasteiger partial charge in [-0.15, -0.1) is 0 Å². The Morgan fingerprint density at radius 3 is 2.31 bits per heavy atom. The molecular formula is C23H17N5O4. The van der Waals surface area contributed by atoms with E-state index >= 15 is 0 Å². The lowest BCUT2D eigenvalue weighted by molar-refractivity contribution is -0.134. The molecule has 0 spiro atoms. The molecule has 1 fully saturated rings. The molecule has 0 bridgehead atoms. The first-order valence-corrected chi connectivity index (χ1v) is 9.83. The molecule has 1 saturated heterocycles. The summed E-state index contributed by atoms with van der Waals surface area (Å²) in [7, 11) is 0. The quantitative estimate of drug-likeness (QED) is 0.254. The Kier molecular flexibility index (Phi) is 5.28. The first kappa shape index (κ1) is 20.9. The number of imide groups is 1. The minimum Gasteiger partial charge on any atom is -0.293 e. The van der Waals surface area contributed by atoms with E-state index in [9.17, 15) is 24.4 Å². The molecule has 2 amide bonds. The number of fused-ring (bicyclic) bond motifs is 1. The number of nitrogens with one attached hydrogen (secondary N) is 1. The van der Waals surface area contributed by atoms with E-state index in [1.165, 1.54) is 0 Å². The van der Waals surface area contributed by atoms with E-state index in [1.807, 2.05) is 6.07 Å². The van der Waals surface area contributed by atoms with Crippen LogP contribution in [0.1, 0.15) is 41.4 Å². The first-order valence-electron chi connectivity index (χ1n) is 9.83. The number of hydrogen-bond acceptors (Lipinski definition) is 8. The second kappa shape index (κ2) is 8.07. The molecule has 1 aromatic carbocycles. The predicted molar refractivity (Wildman–Crippen MR) is 111 cm³/mol. The number of nitriles is 1. The van der Waals surface area contributed by atoms with Gasteiger partial charge in [-0.25, -0.2) is 15.0 Å². The summed E-state index contributed by atoms with van der Waals surface area (Å²) < 4.78 is 0. The lowest BCUT2D eigenvalue weighted by atomic mass is 9.93. The van der Waals surface area contributed by atoms with E-state index in [0.29, 0.717) is 33.9 Å². The fourth-order valence-electron chi connectivity index (χ4n) is 4.01. The van der Waals surface area contributed by atoms with Crippen LogP contribution in [0.25, 0.3) is 11.1 Å². The lowest BCUT2D eigenvalue weighted by Crippen LogP contribution is -2.41. The van der Waals surface area contributed by atoms with E-state index in [2.05, 4.69) is 20.3 Å².